The van der Waals surface area contributed by atoms with Gasteiger partial charge in [-0.15, -0.1) is 0 Å². The van der Waals surface area contributed by atoms with Crippen LogP contribution in [0.5, 0.6) is 0 Å². The molecule has 1 atom stereocenters. The first-order valence-electron chi connectivity index (χ1n) is 7.03. The number of nitriles is 1. The number of amides is 1. The minimum Gasteiger partial charge on any atom is -0.339 e. The lowest BCUT2D eigenvalue weighted by Crippen LogP contribution is -2.50. The maximum Gasteiger partial charge on any atom is 0.243 e. The maximum absolute atomic E-state index is 12.7. The van der Waals surface area contributed by atoms with Gasteiger partial charge in [-0.25, -0.2) is 0 Å². The summed E-state index contributed by atoms with van der Waals surface area (Å²) >= 11 is 0. The molecule has 1 amide bonds. The van der Waals surface area contributed by atoms with Crippen molar-refractivity contribution in [3.63, 3.8) is 0 Å². The number of likely N-dealkylation sites (N-methyl/N-ethyl adjacent to an activating group) is 1. The molecular weight excluding hydrogens is 226 g/mol. The minimum atomic E-state index is -0.653. The Morgan fingerprint density at radius 2 is 1.78 bits per heavy atom. The second-order valence-electron chi connectivity index (χ2n) is 6.28. The van der Waals surface area contributed by atoms with Gasteiger partial charge in [0.2, 0.25) is 5.91 Å². The van der Waals surface area contributed by atoms with E-state index >= 15 is 0 Å². The molecule has 4 nitrogen and oxygen atoms in total. The molecule has 3 rings (SSSR count). The van der Waals surface area contributed by atoms with Crippen LogP contribution in [0.1, 0.15) is 32.1 Å². The van der Waals surface area contributed by atoms with Crippen molar-refractivity contribution in [3.8, 4) is 6.07 Å². The first-order chi connectivity index (χ1) is 8.63. The zero-order valence-electron chi connectivity index (χ0n) is 11.1. The van der Waals surface area contributed by atoms with Crippen LogP contribution in [0.2, 0.25) is 0 Å². The van der Waals surface area contributed by atoms with E-state index in [9.17, 15) is 10.1 Å². The summed E-state index contributed by atoms with van der Waals surface area (Å²) in [6, 6.07) is 2.39. The van der Waals surface area contributed by atoms with Gasteiger partial charge in [-0.2, -0.15) is 5.26 Å². The number of hydrogen-bond acceptors (Lipinski definition) is 3. The Morgan fingerprint density at radius 1 is 1.17 bits per heavy atom. The van der Waals surface area contributed by atoms with Crippen molar-refractivity contribution in [2.45, 2.75) is 32.1 Å². The molecule has 3 aliphatic rings. The van der Waals surface area contributed by atoms with Crippen molar-refractivity contribution < 1.29 is 4.79 Å². The lowest BCUT2D eigenvalue weighted by atomic mass is 9.90. The molecular formula is C14H21N3O. The molecule has 4 heteroatoms. The maximum atomic E-state index is 12.7. The van der Waals surface area contributed by atoms with E-state index in [4.69, 9.17) is 0 Å². The molecule has 0 aromatic carbocycles. The van der Waals surface area contributed by atoms with Crippen molar-refractivity contribution in [1.29, 1.82) is 5.26 Å². The zero-order chi connectivity index (χ0) is 12.8. The van der Waals surface area contributed by atoms with E-state index in [0.29, 0.717) is 0 Å². The number of nitrogens with zero attached hydrogens (tertiary/aromatic N) is 3. The first-order valence-corrected chi connectivity index (χ1v) is 7.03. The van der Waals surface area contributed by atoms with E-state index in [1.54, 1.807) is 0 Å². The van der Waals surface area contributed by atoms with E-state index in [2.05, 4.69) is 18.0 Å². The number of hydrogen-bond donors (Lipinski definition) is 0. The van der Waals surface area contributed by atoms with Gasteiger partial charge in [0.1, 0.15) is 5.41 Å². The normalized spacial score (nSPS) is 34.6. The molecule has 0 N–H and O–H groups in total. The number of carbonyl (C=O) groups is 1. The minimum absolute atomic E-state index is 0.0577. The topological polar surface area (TPSA) is 47.3 Å². The van der Waals surface area contributed by atoms with Crippen LogP contribution in [0, 0.1) is 22.2 Å². The molecule has 1 unspecified atom stereocenters. The molecule has 0 bridgehead atoms. The van der Waals surface area contributed by atoms with Crippen LogP contribution in [0.15, 0.2) is 0 Å². The van der Waals surface area contributed by atoms with Gasteiger partial charge in [-0.1, -0.05) is 12.8 Å². The fraction of sp³-hybridized carbons (Fsp3) is 0.857. The summed E-state index contributed by atoms with van der Waals surface area (Å²) in [6.45, 7) is 3.43. The van der Waals surface area contributed by atoms with Gasteiger partial charge in [0.25, 0.3) is 0 Å². The fourth-order valence-corrected chi connectivity index (χ4v) is 3.91. The molecule has 0 aromatic heterocycles. The van der Waals surface area contributed by atoms with Crippen LogP contribution in [-0.4, -0.2) is 48.9 Å². The molecule has 2 saturated carbocycles. The van der Waals surface area contributed by atoms with E-state index in [1.807, 2.05) is 4.90 Å². The Balaban J connectivity index is 1.74. The molecule has 1 saturated heterocycles. The summed E-state index contributed by atoms with van der Waals surface area (Å²) in [5, 5.41) is 9.53. The summed E-state index contributed by atoms with van der Waals surface area (Å²) in [7, 11) is 2.08. The highest BCUT2D eigenvalue weighted by Gasteiger charge is 2.73. The van der Waals surface area contributed by atoms with Crippen molar-refractivity contribution >= 4 is 5.91 Å². The highest BCUT2D eigenvalue weighted by molar-refractivity contribution is 5.90. The molecule has 0 aromatic rings. The average molecular weight is 247 g/mol. The van der Waals surface area contributed by atoms with Gasteiger partial charge in [0.05, 0.1) is 6.07 Å². The summed E-state index contributed by atoms with van der Waals surface area (Å²) in [6.07, 6.45) is 5.38. The number of carbonyl (C=O) groups excluding carboxylic acids is 1. The fourth-order valence-electron chi connectivity index (χ4n) is 3.91. The van der Waals surface area contributed by atoms with Crippen molar-refractivity contribution in [3.05, 3.63) is 0 Å². The van der Waals surface area contributed by atoms with Gasteiger partial charge >= 0.3 is 0 Å². The molecule has 1 heterocycles. The predicted molar refractivity (Wildman–Crippen MR) is 67.6 cm³/mol. The van der Waals surface area contributed by atoms with Crippen LogP contribution in [0.4, 0.5) is 0 Å². The van der Waals surface area contributed by atoms with Gasteiger partial charge in [-0.3, -0.25) is 4.79 Å². The quantitative estimate of drug-likeness (QED) is 0.700. The lowest BCUT2D eigenvalue weighted by Gasteiger charge is -2.34. The highest BCUT2D eigenvalue weighted by atomic mass is 16.2. The Hall–Kier alpha value is -1.08. The van der Waals surface area contributed by atoms with E-state index in [-0.39, 0.29) is 11.3 Å². The molecule has 98 valence electrons. The standard InChI is InChI=1S/C14H21N3O/c1-16-6-8-17(9-7-16)12(18)14(11-15)10-13(14)4-2-3-5-13/h2-10H2,1H3. The summed E-state index contributed by atoms with van der Waals surface area (Å²) in [5.74, 6) is 0.125. The van der Waals surface area contributed by atoms with Gasteiger partial charge in [0, 0.05) is 31.6 Å². The van der Waals surface area contributed by atoms with Crippen molar-refractivity contribution in [2.24, 2.45) is 10.8 Å². The van der Waals surface area contributed by atoms with Gasteiger partial charge in [0.15, 0.2) is 0 Å². The molecule has 1 aliphatic heterocycles. The molecule has 18 heavy (non-hydrogen) atoms. The van der Waals surface area contributed by atoms with E-state index in [0.717, 1.165) is 45.4 Å². The molecule has 0 radical (unpaired) electrons. The van der Waals surface area contributed by atoms with Crippen LogP contribution in [0.3, 0.4) is 0 Å². The van der Waals surface area contributed by atoms with Crippen LogP contribution in [0.25, 0.3) is 0 Å². The molecule has 2 aliphatic carbocycles. The number of rotatable bonds is 1. The largest absolute Gasteiger partial charge is 0.339 e. The third kappa shape index (κ3) is 1.50. The highest BCUT2D eigenvalue weighted by Crippen LogP contribution is 2.71. The van der Waals surface area contributed by atoms with Crippen LogP contribution >= 0.6 is 0 Å². The number of piperazine rings is 1. The third-order valence-electron chi connectivity index (χ3n) is 5.29. The third-order valence-corrected chi connectivity index (χ3v) is 5.29. The predicted octanol–water partition coefficient (Wildman–Crippen LogP) is 1.23. The second-order valence-corrected chi connectivity index (χ2v) is 6.28. The van der Waals surface area contributed by atoms with Gasteiger partial charge in [-0.05, 0) is 26.3 Å². The van der Waals surface area contributed by atoms with Gasteiger partial charge < -0.3 is 9.80 Å². The SMILES string of the molecule is CN1CCN(C(=O)C2(C#N)CC23CCCC3)CC1. The van der Waals surface area contributed by atoms with Crippen molar-refractivity contribution in [1.82, 2.24) is 9.80 Å². The lowest BCUT2D eigenvalue weighted by molar-refractivity contribution is -0.137. The average Bonchev–Trinajstić information content (AvgIpc) is 2.76. The van der Waals surface area contributed by atoms with E-state index < -0.39 is 5.41 Å². The van der Waals surface area contributed by atoms with Crippen LogP contribution < -0.4 is 0 Å². The summed E-state index contributed by atoms with van der Waals surface area (Å²) < 4.78 is 0. The van der Waals surface area contributed by atoms with E-state index in [1.165, 1.54) is 12.8 Å². The monoisotopic (exact) mass is 247 g/mol. The van der Waals surface area contributed by atoms with Crippen molar-refractivity contribution in [2.75, 3.05) is 33.2 Å². The Kier molecular flexibility index (Phi) is 2.63. The Labute approximate surface area is 109 Å². The molecule has 3 fully saturated rings. The smallest absolute Gasteiger partial charge is 0.243 e. The zero-order valence-corrected chi connectivity index (χ0v) is 11.1. The first kappa shape index (κ1) is 12.0. The van der Waals surface area contributed by atoms with Crippen LogP contribution in [-0.2, 0) is 4.79 Å². The molecule has 1 spiro atoms. The Morgan fingerprint density at radius 3 is 2.33 bits per heavy atom. The Bertz CT molecular complexity index is 400. The summed E-state index contributed by atoms with van der Waals surface area (Å²) in [5.41, 5.74) is -0.596. The second kappa shape index (κ2) is 3.96. The summed E-state index contributed by atoms with van der Waals surface area (Å²) in [4.78, 5) is 16.8.